The Balaban J connectivity index is 2.03. The topological polar surface area (TPSA) is 35.0 Å². The van der Waals surface area contributed by atoms with Gasteiger partial charge in [-0.1, -0.05) is 34.1 Å². The minimum absolute atomic E-state index is 0.617. The third-order valence-corrected chi connectivity index (χ3v) is 3.61. The molecular formula is C16H13BrN2O. The van der Waals surface area contributed by atoms with Crippen molar-refractivity contribution in [1.82, 2.24) is 9.97 Å². The Kier molecular flexibility index (Phi) is 3.65. The molecule has 0 atom stereocenters. The molecule has 2 heterocycles. The van der Waals surface area contributed by atoms with Gasteiger partial charge in [0.2, 0.25) is 5.88 Å². The van der Waals surface area contributed by atoms with Crippen molar-refractivity contribution in [1.29, 1.82) is 0 Å². The lowest BCUT2D eigenvalue weighted by atomic mass is 10.2. The highest BCUT2D eigenvalue weighted by atomic mass is 79.9. The molecule has 0 spiro atoms. The van der Waals surface area contributed by atoms with Gasteiger partial charge in [-0.3, -0.25) is 4.98 Å². The van der Waals surface area contributed by atoms with E-state index in [9.17, 15) is 0 Å². The summed E-state index contributed by atoms with van der Waals surface area (Å²) in [6, 6.07) is 13.9. The van der Waals surface area contributed by atoms with Crippen molar-refractivity contribution < 1.29 is 4.74 Å². The Morgan fingerprint density at radius 3 is 2.75 bits per heavy atom. The minimum atomic E-state index is 0.617. The lowest BCUT2D eigenvalue weighted by Crippen LogP contribution is -1.95. The summed E-state index contributed by atoms with van der Waals surface area (Å²) < 4.78 is 5.86. The van der Waals surface area contributed by atoms with Gasteiger partial charge in [-0.2, -0.15) is 0 Å². The number of aromatic nitrogens is 2. The van der Waals surface area contributed by atoms with E-state index < -0.39 is 0 Å². The van der Waals surface area contributed by atoms with Gasteiger partial charge in [0.05, 0.1) is 11.7 Å². The Morgan fingerprint density at radius 1 is 1.15 bits per heavy atom. The van der Waals surface area contributed by atoms with E-state index in [0.29, 0.717) is 17.0 Å². The molecule has 3 aromatic rings. The number of hydrogen-bond donors (Lipinski definition) is 0. The van der Waals surface area contributed by atoms with Crippen LogP contribution in [0.4, 0.5) is 0 Å². The maximum atomic E-state index is 5.86. The van der Waals surface area contributed by atoms with E-state index in [1.165, 1.54) is 0 Å². The van der Waals surface area contributed by atoms with Gasteiger partial charge in [-0.25, -0.2) is 4.98 Å². The molecule has 0 bridgehead atoms. The first kappa shape index (κ1) is 13.1. The summed E-state index contributed by atoms with van der Waals surface area (Å²) in [5.41, 5.74) is 2.90. The van der Waals surface area contributed by atoms with Crippen LogP contribution in [0, 0.1) is 6.92 Å². The number of nitrogens with zero attached hydrogens (tertiary/aromatic N) is 2. The first-order valence-electron chi connectivity index (χ1n) is 6.31. The molecule has 20 heavy (non-hydrogen) atoms. The number of ether oxygens (including phenoxy) is 1. The van der Waals surface area contributed by atoms with Gasteiger partial charge in [0, 0.05) is 22.0 Å². The van der Waals surface area contributed by atoms with Crippen LogP contribution in [0.15, 0.2) is 48.7 Å². The molecule has 0 N–H and O–H groups in total. The molecule has 100 valence electrons. The van der Waals surface area contributed by atoms with Crippen molar-refractivity contribution in [2.24, 2.45) is 0 Å². The number of hydrogen-bond acceptors (Lipinski definition) is 3. The first-order valence-corrected chi connectivity index (χ1v) is 7.43. The maximum absolute atomic E-state index is 5.86. The van der Waals surface area contributed by atoms with Crippen LogP contribution in [0.2, 0.25) is 0 Å². The Bertz CT molecular complexity index is 741. The highest BCUT2D eigenvalue weighted by molar-refractivity contribution is 9.08. The van der Waals surface area contributed by atoms with Gasteiger partial charge >= 0.3 is 0 Å². The molecule has 1 aromatic carbocycles. The predicted octanol–water partition coefficient (Wildman–Crippen LogP) is 4.63. The smallest absolute Gasteiger partial charge is 0.223 e. The van der Waals surface area contributed by atoms with Gasteiger partial charge in [0.15, 0.2) is 0 Å². The van der Waals surface area contributed by atoms with Gasteiger partial charge < -0.3 is 4.74 Å². The van der Waals surface area contributed by atoms with E-state index in [0.717, 1.165) is 22.2 Å². The molecule has 3 rings (SSSR count). The van der Waals surface area contributed by atoms with Gasteiger partial charge in [0.25, 0.3) is 0 Å². The zero-order valence-electron chi connectivity index (χ0n) is 11.0. The van der Waals surface area contributed by atoms with Gasteiger partial charge in [-0.15, -0.1) is 0 Å². The summed E-state index contributed by atoms with van der Waals surface area (Å²) in [5, 5.41) is 1.80. The van der Waals surface area contributed by atoms with Crippen LogP contribution in [-0.4, -0.2) is 9.97 Å². The van der Waals surface area contributed by atoms with Crippen LogP contribution in [-0.2, 0) is 5.33 Å². The number of para-hydroxylation sites is 1. The van der Waals surface area contributed by atoms with E-state index >= 15 is 0 Å². The average molecular weight is 329 g/mol. The largest absolute Gasteiger partial charge is 0.437 e. The Labute approximate surface area is 125 Å². The third-order valence-electron chi connectivity index (χ3n) is 3.01. The van der Waals surface area contributed by atoms with Crippen LogP contribution in [0.5, 0.6) is 11.6 Å². The monoisotopic (exact) mass is 328 g/mol. The van der Waals surface area contributed by atoms with E-state index in [-0.39, 0.29) is 0 Å². The zero-order valence-corrected chi connectivity index (χ0v) is 12.6. The van der Waals surface area contributed by atoms with Crippen molar-refractivity contribution in [3.05, 3.63) is 59.9 Å². The SMILES string of the molecule is Cc1ccc(Oc2nc3ccccc3cc2CBr)cn1. The average Bonchev–Trinajstić information content (AvgIpc) is 2.49. The second-order valence-corrected chi connectivity index (χ2v) is 5.08. The number of benzene rings is 1. The Morgan fingerprint density at radius 2 is 2.00 bits per heavy atom. The quantitative estimate of drug-likeness (QED) is 0.658. The van der Waals surface area contributed by atoms with E-state index in [4.69, 9.17) is 4.74 Å². The standard InChI is InChI=1S/C16H13BrN2O/c1-11-6-7-14(10-18-11)20-16-13(9-17)8-12-4-2-3-5-15(12)19-16/h2-8,10H,9H2,1H3. The summed E-state index contributed by atoms with van der Waals surface area (Å²) in [6.45, 7) is 1.95. The summed E-state index contributed by atoms with van der Waals surface area (Å²) in [4.78, 5) is 8.81. The number of halogens is 1. The van der Waals surface area contributed by atoms with E-state index in [1.54, 1.807) is 6.20 Å². The second kappa shape index (κ2) is 5.59. The molecule has 2 aromatic heterocycles. The van der Waals surface area contributed by atoms with Crippen LogP contribution in [0.25, 0.3) is 10.9 Å². The number of pyridine rings is 2. The molecule has 0 aliphatic rings. The molecule has 0 unspecified atom stereocenters. The fourth-order valence-electron chi connectivity index (χ4n) is 1.95. The predicted molar refractivity (Wildman–Crippen MR) is 83.4 cm³/mol. The van der Waals surface area contributed by atoms with Crippen LogP contribution >= 0.6 is 15.9 Å². The number of rotatable bonds is 3. The van der Waals surface area contributed by atoms with Crippen molar-refractivity contribution in [3.63, 3.8) is 0 Å². The molecule has 0 saturated heterocycles. The molecule has 0 radical (unpaired) electrons. The van der Waals surface area contributed by atoms with Crippen molar-refractivity contribution in [2.75, 3.05) is 0 Å². The van der Waals surface area contributed by atoms with Gasteiger partial charge in [-0.05, 0) is 31.2 Å². The summed E-state index contributed by atoms with van der Waals surface area (Å²) in [7, 11) is 0. The minimum Gasteiger partial charge on any atom is -0.437 e. The van der Waals surface area contributed by atoms with Crippen molar-refractivity contribution >= 4 is 26.8 Å². The normalized spacial score (nSPS) is 10.7. The van der Waals surface area contributed by atoms with E-state index in [2.05, 4.69) is 32.0 Å². The molecule has 0 aliphatic heterocycles. The third kappa shape index (κ3) is 2.65. The molecule has 0 aliphatic carbocycles. The highest BCUT2D eigenvalue weighted by Crippen LogP contribution is 2.28. The van der Waals surface area contributed by atoms with Crippen LogP contribution in [0.3, 0.4) is 0 Å². The van der Waals surface area contributed by atoms with Gasteiger partial charge in [0.1, 0.15) is 5.75 Å². The van der Waals surface area contributed by atoms with Crippen molar-refractivity contribution in [2.45, 2.75) is 12.3 Å². The highest BCUT2D eigenvalue weighted by Gasteiger charge is 2.08. The molecule has 3 nitrogen and oxygen atoms in total. The van der Waals surface area contributed by atoms with Crippen LogP contribution in [0.1, 0.15) is 11.3 Å². The summed E-state index contributed by atoms with van der Waals surface area (Å²) in [5.74, 6) is 1.31. The molecule has 0 fully saturated rings. The lowest BCUT2D eigenvalue weighted by molar-refractivity contribution is 0.458. The van der Waals surface area contributed by atoms with Crippen molar-refractivity contribution in [3.8, 4) is 11.6 Å². The Hall–Kier alpha value is -1.94. The number of fused-ring (bicyclic) bond motifs is 1. The fourth-order valence-corrected chi connectivity index (χ4v) is 2.35. The number of aryl methyl sites for hydroxylation is 1. The molecule has 0 amide bonds. The summed E-state index contributed by atoms with van der Waals surface area (Å²) in [6.07, 6.45) is 1.71. The molecular weight excluding hydrogens is 316 g/mol. The zero-order chi connectivity index (χ0) is 13.9. The van der Waals surface area contributed by atoms with Crippen LogP contribution < -0.4 is 4.74 Å². The fraction of sp³-hybridized carbons (Fsp3) is 0.125. The molecule has 4 heteroatoms. The second-order valence-electron chi connectivity index (χ2n) is 4.52. The molecule has 0 saturated carbocycles. The first-order chi connectivity index (χ1) is 9.76. The number of alkyl halides is 1. The lowest BCUT2D eigenvalue weighted by Gasteiger charge is -2.10. The van der Waals surface area contributed by atoms with E-state index in [1.807, 2.05) is 43.3 Å². The maximum Gasteiger partial charge on any atom is 0.223 e. The summed E-state index contributed by atoms with van der Waals surface area (Å²) >= 11 is 3.48.